The van der Waals surface area contributed by atoms with E-state index in [2.05, 4.69) is 34.5 Å². The third-order valence-electron chi connectivity index (χ3n) is 5.13. The van der Waals surface area contributed by atoms with Gasteiger partial charge in [0.1, 0.15) is 5.54 Å². The molecule has 2 heterocycles. The molecule has 2 aliphatic heterocycles. The van der Waals surface area contributed by atoms with Crippen molar-refractivity contribution in [2.75, 3.05) is 32.7 Å². The number of carbonyl (C=O) groups is 2. The average Bonchev–Trinajstić information content (AvgIpc) is 3.06. The van der Waals surface area contributed by atoms with Gasteiger partial charge in [0.05, 0.1) is 0 Å². The largest absolute Gasteiger partial charge is 0.330 e. The second kappa shape index (κ2) is 6.53. The maximum Gasteiger partial charge on any atom is 0.325 e. The first-order valence-electron chi connectivity index (χ1n) is 8.54. The Labute approximate surface area is 143 Å². The number of hydrogen-bond donors (Lipinski definition) is 2. The Morgan fingerprint density at radius 3 is 2.46 bits per heavy atom. The van der Waals surface area contributed by atoms with Gasteiger partial charge in [0, 0.05) is 32.1 Å². The van der Waals surface area contributed by atoms with E-state index in [9.17, 15) is 9.59 Å². The molecule has 0 aliphatic carbocycles. The average molecular weight is 330 g/mol. The number of likely N-dealkylation sites (tertiary alicyclic amines) is 1. The van der Waals surface area contributed by atoms with E-state index < -0.39 is 5.54 Å². The number of nitrogens with zero attached hydrogens (tertiary/aromatic N) is 2. The molecule has 1 aromatic carbocycles. The monoisotopic (exact) mass is 330 g/mol. The zero-order valence-corrected chi connectivity index (χ0v) is 14.4. The Morgan fingerprint density at radius 1 is 1.17 bits per heavy atom. The summed E-state index contributed by atoms with van der Waals surface area (Å²) in [6.45, 7) is 7.05. The van der Waals surface area contributed by atoms with Crippen molar-refractivity contribution < 1.29 is 9.59 Å². The Kier molecular flexibility index (Phi) is 4.60. The van der Waals surface area contributed by atoms with Crippen LogP contribution in [-0.4, -0.2) is 60.0 Å². The summed E-state index contributed by atoms with van der Waals surface area (Å²) in [7, 11) is 0. The quantitative estimate of drug-likeness (QED) is 0.789. The standard InChI is InChI=1S/C18H26N4O2/c1-18(2)16(23)22(17(24)20-18)9-8-21-11-14(10-19)15(12-21)13-6-4-3-5-7-13/h3-7,14-15H,8-12,19H2,1-2H3,(H,20,24)/t14-,15+/m1/s1. The molecule has 3 N–H and O–H groups in total. The molecule has 3 amide bonds. The summed E-state index contributed by atoms with van der Waals surface area (Å²) in [5, 5.41) is 2.72. The van der Waals surface area contributed by atoms with Crippen LogP contribution in [0.25, 0.3) is 0 Å². The van der Waals surface area contributed by atoms with Crippen molar-refractivity contribution in [2.24, 2.45) is 11.7 Å². The van der Waals surface area contributed by atoms with Crippen LogP contribution in [0.2, 0.25) is 0 Å². The van der Waals surface area contributed by atoms with Gasteiger partial charge in [-0.2, -0.15) is 0 Å². The molecule has 6 nitrogen and oxygen atoms in total. The van der Waals surface area contributed by atoms with E-state index in [4.69, 9.17) is 5.73 Å². The predicted molar refractivity (Wildman–Crippen MR) is 92.5 cm³/mol. The van der Waals surface area contributed by atoms with Crippen LogP contribution in [0.15, 0.2) is 30.3 Å². The first kappa shape index (κ1) is 16.9. The molecule has 0 saturated carbocycles. The van der Waals surface area contributed by atoms with Gasteiger partial charge in [-0.15, -0.1) is 0 Å². The van der Waals surface area contributed by atoms with Crippen LogP contribution < -0.4 is 11.1 Å². The minimum absolute atomic E-state index is 0.151. The molecule has 130 valence electrons. The molecular weight excluding hydrogens is 304 g/mol. The molecule has 0 spiro atoms. The van der Waals surface area contributed by atoms with Gasteiger partial charge in [-0.1, -0.05) is 30.3 Å². The normalized spacial score (nSPS) is 26.9. The summed E-state index contributed by atoms with van der Waals surface area (Å²) in [4.78, 5) is 27.9. The number of nitrogens with two attached hydrogens (primary N) is 1. The molecule has 2 fully saturated rings. The highest BCUT2D eigenvalue weighted by Crippen LogP contribution is 2.31. The zero-order chi connectivity index (χ0) is 17.3. The van der Waals surface area contributed by atoms with Crippen LogP contribution in [0, 0.1) is 5.92 Å². The van der Waals surface area contributed by atoms with Crippen molar-refractivity contribution in [3.8, 4) is 0 Å². The van der Waals surface area contributed by atoms with Gasteiger partial charge in [-0.25, -0.2) is 4.79 Å². The third kappa shape index (κ3) is 3.16. The van der Waals surface area contributed by atoms with Crippen LogP contribution in [0.4, 0.5) is 4.79 Å². The number of benzene rings is 1. The molecule has 2 saturated heterocycles. The maximum atomic E-state index is 12.3. The highest BCUT2D eigenvalue weighted by atomic mass is 16.2. The fourth-order valence-electron chi connectivity index (χ4n) is 3.72. The van der Waals surface area contributed by atoms with E-state index in [1.54, 1.807) is 13.8 Å². The minimum atomic E-state index is -0.797. The second-order valence-electron chi connectivity index (χ2n) is 7.28. The van der Waals surface area contributed by atoms with Crippen LogP contribution in [-0.2, 0) is 4.79 Å². The summed E-state index contributed by atoms with van der Waals surface area (Å²) in [5.74, 6) is 0.671. The van der Waals surface area contributed by atoms with Crippen LogP contribution >= 0.6 is 0 Å². The predicted octanol–water partition coefficient (Wildman–Crippen LogP) is 0.991. The molecule has 0 bridgehead atoms. The lowest BCUT2D eigenvalue weighted by atomic mass is 9.89. The molecule has 0 radical (unpaired) electrons. The number of imide groups is 1. The summed E-state index contributed by atoms with van der Waals surface area (Å²) in [5.41, 5.74) is 6.48. The van der Waals surface area contributed by atoms with Crippen molar-refractivity contribution in [3.05, 3.63) is 35.9 Å². The topological polar surface area (TPSA) is 78.7 Å². The van der Waals surface area contributed by atoms with Crippen molar-refractivity contribution >= 4 is 11.9 Å². The summed E-state index contributed by atoms with van der Waals surface area (Å²) >= 11 is 0. The van der Waals surface area contributed by atoms with Gasteiger partial charge in [-0.05, 0) is 31.9 Å². The van der Waals surface area contributed by atoms with Crippen molar-refractivity contribution in [1.82, 2.24) is 15.1 Å². The van der Waals surface area contributed by atoms with E-state index in [1.807, 2.05) is 6.07 Å². The molecule has 6 heteroatoms. The zero-order valence-electron chi connectivity index (χ0n) is 14.4. The fourth-order valence-corrected chi connectivity index (χ4v) is 3.72. The minimum Gasteiger partial charge on any atom is -0.330 e. The van der Waals surface area contributed by atoms with Crippen LogP contribution in [0.3, 0.4) is 0 Å². The molecule has 2 aliphatic rings. The van der Waals surface area contributed by atoms with Gasteiger partial charge in [0.15, 0.2) is 0 Å². The number of rotatable bonds is 5. The molecule has 1 aromatic rings. The number of carbonyl (C=O) groups excluding carboxylic acids is 2. The Hall–Kier alpha value is -1.92. The van der Waals surface area contributed by atoms with Gasteiger partial charge in [0.2, 0.25) is 0 Å². The van der Waals surface area contributed by atoms with Crippen molar-refractivity contribution in [2.45, 2.75) is 25.3 Å². The molecule has 24 heavy (non-hydrogen) atoms. The number of amides is 3. The first-order chi connectivity index (χ1) is 11.4. The highest BCUT2D eigenvalue weighted by Gasteiger charge is 2.44. The van der Waals surface area contributed by atoms with Gasteiger partial charge >= 0.3 is 6.03 Å². The Balaban J connectivity index is 1.61. The molecule has 0 aromatic heterocycles. The van der Waals surface area contributed by atoms with Crippen LogP contribution in [0.5, 0.6) is 0 Å². The fraction of sp³-hybridized carbons (Fsp3) is 0.556. The van der Waals surface area contributed by atoms with Crippen molar-refractivity contribution in [3.63, 3.8) is 0 Å². The van der Waals surface area contributed by atoms with E-state index >= 15 is 0 Å². The maximum absolute atomic E-state index is 12.3. The van der Waals surface area contributed by atoms with Crippen molar-refractivity contribution in [1.29, 1.82) is 0 Å². The van der Waals surface area contributed by atoms with Crippen LogP contribution in [0.1, 0.15) is 25.3 Å². The number of nitrogens with one attached hydrogen (secondary N) is 1. The second-order valence-corrected chi connectivity index (χ2v) is 7.28. The van der Waals surface area contributed by atoms with E-state index in [-0.39, 0.29) is 11.9 Å². The summed E-state index contributed by atoms with van der Waals surface area (Å²) in [6, 6.07) is 10.1. The van der Waals surface area contributed by atoms with E-state index in [0.29, 0.717) is 31.5 Å². The lowest BCUT2D eigenvalue weighted by Gasteiger charge is -2.20. The lowest BCUT2D eigenvalue weighted by Crippen LogP contribution is -2.41. The first-order valence-corrected chi connectivity index (χ1v) is 8.54. The molecule has 3 rings (SSSR count). The summed E-state index contributed by atoms with van der Waals surface area (Å²) < 4.78 is 0. The smallest absolute Gasteiger partial charge is 0.325 e. The van der Waals surface area contributed by atoms with E-state index in [1.165, 1.54) is 10.5 Å². The SMILES string of the molecule is CC1(C)NC(=O)N(CCN2C[C@@H](CN)[C@H](c3ccccc3)C2)C1=O. The number of hydrogen-bond acceptors (Lipinski definition) is 4. The lowest BCUT2D eigenvalue weighted by molar-refractivity contribution is -0.130. The Morgan fingerprint density at radius 2 is 1.88 bits per heavy atom. The third-order valence-corrected chi connectivity index (χ3v) is 5.13. The molecule has 2 atom stereocenters. The molecular formula is C18H26N4O2. The van der Waals surface area contributed by atoms with Gasteiger partial charge in [-0.3, -0.25) is 9.69 Å². The number of urea groups is 1. The highest BCUT2D eigenvalue weighted by molar-refractivity contribution is 6.06. The Bertz CT molecular complexity index is 617. The molecule has 0 unspecified atom stereocenters. The van der Waals surface area contributed by atoms with E-state index in [0.717, 1.165) is 13.1 Å². The summed E-state index contributed by atoms with van der Waals surface area (Å²) in [6.07, 6.45) is 0. The van der Waals surface area contributed by atoms with Gasteiger partial charge < -0.3 is 16.0 Å². The van der Waals surface area contributed by atoms with Gasteiger partial charge in [0.25, 0.3) is 5.91 Å².